The van der Waals surface area contributed by atoms with Gasteiger partial charge >= 0.3 is 0 Å². The van der Waals surface area contributed by atoms with Crippen molar-refractivity contribution >= 4 is 23.2 Å². The zero-order chi connectivity index (χ0) is 40.7. The van der Waals surface area contributed by atoms with Crippen LogP contribution in [0.4, 0.5) is 11.4 Å². The lowest BCUT2D eigenvalue weighted by atomic mass is 10.1. The second kappa shape index (κ2) is 17.0. The number of benzene rings is 5. The lowest BCUT2D eigenvalue weighted by molar-refractivity contribution is -0.596. The van der Waals surface area contributed by atoms with E-state index in [4.69, 9.17) is 0 Å². The second-order valence-corrected chi connectivity index (χ2v) is 14.2. The first kappa shape index (κ1) is 37.2. The van der Waals surface area contributed by atoms with Gasteiger partial charge in [0.05, 0.1) is 0 Å². The number of carbonyl (C=O) groups is 2. The van der Waals surface area contributed by atoms with E-state index in [1.807, 2.05) is 119 Å². The van der Waals surface area contributed by atoms with Crippen LogP contribution in [0.15, 0.2) is 232 Å². The average Bonchev–Trinajstić information content (AvgIpc) is 3.32. The number of amides is 2. The molecule has 2 N–H and O–H groups in total. The number of hydrogen-bond acceptors (Lipinski definition) is 2. The van der Waals surface area contributed by atoms with Crippen LogP contribution in [0.2, 0.25) is 0 Å². The first-order valence-corrected chi connectivity index (χ1v) is 19.6. The summed E-state index contributed by atoms with van der Waals surface area (Å²) >= 11 is 0. The Bertz CT molecular complexity index is 2720. The van der Waals surface area contributed by atoms with Crippen molar-refractivity contribution in [2.24, 2.45) is 0 Å². The van der Waals surface area contributed by atoms with Crippen LogP contribution in [-0.4, -0.2) is 11.8 Å². The largest absolute Gasteiger partial charge is 0.322 e. The third-order valence-electron chi connectivity index (χ3n) is 10.3. The van der Waals surface area contributed by atoms with E-state index in [-0.39, 0.29) is 11.8 Å². The minimum Gasteiger partial charge on any atom is -0.322 e. The Morgan fingerprint density at radius 3 is 0.950 bits per heavy atom. The molecule has 0 atom stereocenters. The highest BCUT2D eigenvalue weighted by atomic mass is 16.2. The topological polar surface area (TPSA) is 73.7 Å². The molecule has 0 unspecified atom stereocenters. The third-order valence-corrected chi connectivity index (χ3v) is 10.3. The molecule has 0 aliphatic carbocycles. The Kier molecular flexibility index (Phi) is 10.6. The summed E-state index contributed by atoms with van der Waals surface area (Å²) < 4.78 is 8.19. The average molecular weight is 781 g/mol. The lowest BCUT2D eigenvalue weighted by Crippen LogP contribution is -2.30. The first-order chi connectivity index (χ1) is 29.5. The van der Waals surface area contributed by atoms with Gasteiger partial charge in [0.2, 0.25) is 22.7 Å². The molecular formula is C52H40N6O2+4. The van der Waals surface area contributed by atoms with Crippen molar-refractivity contribution in [3.63, 3.8) is 0 Å². The van der Waals surface area contributed by atoms with Crippen molar-refractivity contribution in [3.05, 3.63) is 243 Å². The van der Waals surface area contributed by atoms with Gasteiger partial charge in [-0.3, -0.25) is 9.59 Å². The highest BCUT2D eigenvalue weighted by molar-refractivity contribution is 6.08. The Morgan fingerprint density at radius 2 is 0.600 bits per heavy atom. The van der Waals surface area contributed by atoms with Gasteiger partial charge in [-0.25, -0.2) is 0 Å². The van der Waals surface area contributed by atoms with Gasteiger partial charge in [-0.05, 0) is 52.6 Å². The molecule has 0 spiro atoms. The number of carbonyl (C=O) groups excluding carboxylic acids is 2. The molecule has 8 heteroatoms. The molecule has 4 heterocycles. The van der Waals surface area contributed by atoms with Gasteiger partial charge in [0.15, 0.2) is 49.6 Å². The van der Waals surface area contributed by atoms with E-state index < -0.39 is 0 Å². The number of anilines is 2. The van der Waals surface area contributed by atoms with E-state index in [2.05, 4.69) is 117 Å². The van der Waals surface area contributed by atoms with Crippen molar-refractivity contribution in [3.8, 4) is 45.0 Å². The highest BCUT2D eigenvalue weighted by Gasteiger charge is 2.16. The number of nitrogens with zero attached hydrogens (tertiary/aromatic N) is 4. The van der Waals surface area contributed by atoms with Crippen LogP contribution in [0.5, 0.6) is 0 Å². The van der Waals surface area contributed by atoms with Gasteiger partial charge in [-0.2, -0.15) is 18.3 Å². The van der Waals surface area contributed by atoms with Crippen molar-refractivity contribution < 1.29 is 27.9 Å². The number of aromatic nitrogens is 4. The lowest BCUT2D eigenvalue weighted by Gasteiger charge is -2.09. The Morgan fingerprint density at radius 1 is 0.300 bits per heavy atom. The SMILES string of the molecule is O=C(Nc1cccc(-[n+]2ccc(-c3cc[n+](-c4ccccc4)cc3)cc2)c1)c1cccc(C(=O)Nc2cccc(-[n+]3ccc(-c4cc[n+](-c5ccccc5)cc4)cc3)c2)c1. The summed E-state index contributed by atoms with van der Waals surface area (Å²) in [4.78, 5) is 26.9. The molecule has 0 fully saturated rings. The van der Waals surface area contributed by atoms with E-state index in [0.29, 0.717) is 22.5 Å². The number of rotatable bonds is 10. The van der Waals surface area contributed by atoms with Crippen LogP contribution in [0, 0.1) is 0 Å². The number of pyridine rings is 4. The van der Waals surface area contributed by atoms with E-state index >= 15 is 0 Å². The number of nitrogens with one attached hydrogen (secondary N) is 2. The molecule has 0 aliphatic heterocycles. The van der Waals surface area contributed by atoms with Crippen LogP contribution >= 0.6 is 0 Å². The van der Waals surface area contributed by atoms with Crippen molar-refractivity contribution in [1.29, 1.82) is 0 Å². The molecule has 5 aromatic carbocycles. The maximum absolute atomic E-state index is 13.4. The normalized spacial score (nSPS) is 10.8. The molecule has 286 valence electrons. The Hall–Kier alpha value is -8.36. The minimum absolute atomic E-state index is 0.313. The van der Waals surface area contributed by atoms with E-state index in [1.165, 1.54) is 0 Å². The van der Waals surface area contributed by atoms with Crippen molar-refractivity contribution in [2.75, 3.05) is 10.6 Å². The molecule has 9 rings (SSSR count). The van der Waals surface area contributed by atoms with Gasteiger partial charge in [-0.1, -0.05) is 54.6 Å². The summed E-state index contributed by atoms with van der Waals surface area (Å²) in [7, 11) is 0. The summed E-state index contributed by atoms with van der Waals surface area (Å²) in [6.45, 7) is 0. The number of para-hydroxylation sites is 2. The highest BCUT2D eigenvalue weighted by Crippen LogP contribution is 2.20. The zero-order valence-electron chi connectivity index (χ0n) is 32.5. The fraction of sp³-hybridized carbons (Fsp3) is 0. The van der Waals surface area contributed by atoms with E-state index in [9.17, 15) is 9.59 Å². The van der Waals surface area contributed by atoms with Gasteiger partial charge in [0, 0.05) is 120 Å². The molecule has 0 bridgehead atoms. The minimum atomic E-state index is -0.313. The maximum Gasteiger partial charge on any atom is 0.255 e. The summed E-state index contributed by atoms with van der Waals surface area (Å²) in [6, 6.07) is 59.2. The molecule has 0 radical (unpaired) electrons. The monoisotopic (exact) mass is 780 g/mol. The fourth-order valence-electron chi connectivity index (χ4n) is 7.06. The van der Waals surface area contributed by atoms with Gasteiger partial charge in [-0.15, -0.1) is 0 Å². The van der Waals surface area contributed by atoms with Crippen LogP contribution in [0.1, 0.15) is 20.7 Å². The third kappa shape index (κ3) is 8.49. The first-order valence-electron chi connectivity index (χ1n) is 19.6. The molecule has 4 aromatic heterocycles. The molecule has 8 nitrogen and oxygen atoms in total. The molecule has 0 saturated heterocycles. The zero-order valence-corrected chi connectivity index (χ0v) is 32.5. The molecule has 2 amide bonds. The molecule has 0 aliphatic rings. The van der Waals surface area contributed by atoms with Crippen molar-refractivity contribution in [2.45, 2.75) is 0 Å². The van der Waals surface area contributed by atoms with E-state index in [0.717, 1.165) is 45.0 Å². The van der Waals surface area contributed by atoms with Crippen LogP contribution in [-0.2, 0) is 0 Å². The van der Waals surface area contributed by atoms with Crippen LogP contribution in [0.3, 0.4) is 0 Å². The Labute approximate surface area is 348 Å². The standard InChI is InChI=1S/C52H38N6O2/c59-51(53-45-12-8-18-49(37-45)57-32-24-41(25-33-57)39-20-28-55(29-21-39)47-14-3-1-4-15-47)43-10-7-11-44(36-43)52(60)54-46-13-9-19-50(38-46)58-34-26-42(27-35-58)40-22-30-56(31-23-40)48-16-5-2-6-17-48/h1-38H/q+2/p+2. The van der Waals surface area contributed by atoms with E-state index in [1.54, 1.807) is 24.3 Å². The number of hydrogen-bond donors (Lipinski definition) is 2. The summed E-state index contributed by atoms with van der Waals surface area (Å²) in [6.07, 6.45) is 16.3. The van der Waals surface area contributed by atoms with Crippen LogP contribution < -0.4 is 28.9 Å². The molecule has 60 heavy (non-hydrogen) atoms. The quantitative estimate of drug-likeness (QED) is 0.137. The maximum atomic E-state index is 13.4. The smallest absolute Gasteiger partial charge is 0.255 e. The predicted molar refractivity (Wildman–Crippen MR) is 232 cm³/mol. The Balaban J connectivity index is 0.827. The fourth-order valence-corrected chi connectivity index (χ4v) is 7.06. The van der Waals surface area contributed by atoms with Gasteiger partial charge < -0.3 is 10.6 Å². The second-order valence-electron chi connectivity index (χ2n) is 14.2. The molecule has 0 saturated carbocycles. The molecular weight excluding hydrogens is 741 g/mol. The summed E-state index contributed by atoms with van der Waals surface area (Å²) in [5.74, 6) is -0.626. The molecule has 9 aromatic rings. The summed E-state index contributed by atoms with van der Waals surface area (Å²) in [5.41, 5.74) is 10.4. The van der Waals surface area contributed by atoms with Crippen molar-refractivity contribution in [1.82, 2.24) is 0 Å². The summed E-state index contributed by atoms with van der Waals surface area (Å²) in [5, 5.41) is 6.00. The van der Waals surface area contributed by atoms with Gasteiger partial charge in [0.1, 0.15) is 0 Å². The predicted octanol–water partition coefficient (Wildman–Crippen LogP) is 8.63. The van der Waals surface area contributed by atoms with Gasteiger partial charge in [0.25, 0.3) is 11.8 Å². The van der Waals surface area contributed by atoms with Crippen LogP contribution in [0.25, 0.3) is 45.0 Å².